The zero-order chi connectivity index (χ0) is 19.1. The van der Waals surface area contributed by atoms with Gasteiger partial charge in [-0.1, -0.05) is 35.9 Å². The summed E-state index contributed by atoms with van der Waals surface area (Å²) in [4.78, 5) is 12.6. The van der Waals surface area contributed by atoms with Gasteiger partial charge in [0.2, 0.25) is 10.0 Å². The molecule has 0 bridgehead atoms. The Morgan fingerprint density at radius 1 is 1.19 bits per heavy atom. The Kier molecular flexibility index (Phi) is 4.79. The fourth-order valence-electron chi connectivity index (χ4n) is 2.72. The second-order valence-corrected chi connectivity index (χ2v) is 7.95. The van der Waals surface area contributed by atoms with Crippen LogP contribution in [0.15, 0.2) is 51.8 Å². The zero-order valence-corrected chi connectivity index (χ0v) is 15.7. The average Bonchev–Trinajstić information content (AvgIpc) is 2.93. The molecule has 0 spiro atoms. The predicted octanol–water partition coefficient (Wildman–Crippen LogP) is 3.53. The number of aryl methyl sites for hydroxylation is 1. The molecule has 1 aromatic heterocycles. The molecule has 1 atom stereocenters. The van der Waals surface area contributed by atoms with Gasteiger partial charge in [-0.2, -0.15) is 0 Å². The third-order valence-corrected chi connectivity index (χ3v) is 5.41. The van der Waals surface area contributed by atoms with Crippen molar-refractivity contribution in [2.45, 2.75) is 24.8 Å². The number of amides is 1. The number of primary sulfonamides is 1. The Morgan fingerprint density at radius 2 is 1.85 bits per heavy atom. The summed E-state index contributed by atoms with van der Waals surface area (Å²) in [6.45, 7) is 3.58. The molecule has 6 nitrogen and oxygen atoms in total. The minimum atomic E-state index is -3.75. The molecule has 0 fully saturated rings. The van der Waals surface area contributed by atoms with Gasteiger partial charge in [0.25, 0.3) is 5.91 Å². The zero-order valence-electron chi connectivity index (χ0n) is 14.1. The number of benzene rings is 2. The van der Waals surface area contributed by atoms with E-state index in [2.05, 4.69) is 5.32 Å². The average molecular weight is 393 g/mol. The van der Waals surface area contributed by atoms with Crippen LogP contribution in [0.5, 0.6) is 0 Å². The standard InChI is InChI=1S/C18H17ClN2O4S/c1-10-14-4-3-5-15(19)17(14)25-16(10)18(22)21-11(2)12-6-8-13(9-7-12)26(20,23)24/h3-9,11H,1-2H3,(H,21,22)(H2,20,23,24). The minimum Gasteiger partial charge on any atom is -0.449 e. The largest absolute Gasteiger partial charge is 0.449 e. The molecule has 136 valence electrons. The van der Waals surface area contributed by atoms with E-state index in [1.807, 2.05) is 6.07 Å². The van der Waals surface area contributed by atoms with Gasteiger partial charge in [-0.05, 0) is 37.6 Å². The number of nitrogens with two attached hydrogens (primary N) is 1. The van der Waals surface area contributed by atoms with E-state index in [1.165, 1.54) is 12.1 Å². The van der Waals surface area contributed by atoms with Crippen molar-refractivity contribution in [2.75, 3.05) is 0 Å². The fourth-order valence-corrected chi connectivity index (χ4v) is 3.45. The summed E-state index contributed by atoms with van der Waals surface area (Å²) in [5.41, 5.74) is 1.91. The molecule has 0 aliphatic carbocycles. The van der Waals surface area contributed by atoms with Gasteiger partial charge in [0.1, 0.15) is 0 Å². The van der Waals surface area contributed by atoms with Gasteiger partial charge < -0.3 is 9.73 Å². The number of hydrogen-bond donors (Lipinski definition) is 2. The van der Waals surface area contributed by atoms with Gasteiger partial charge in [0, 0.05) is 10.9 Å². The quantitative estimate of drug-likeness (QED) is 0.708. The molecule has 2 aromatic carbocycles. The molecule has 3 aromatic rings. The number of hydrogen-bond acceptors (Lipinski definition) is 4. The molecule has 3 rings (SSSR count). The molecule has 0 saturated carbocycles. The summed E-state index contributed by atoms with van der Waals surface area (Å²) in [7, 11) is -3.75. The summed E-state index contributed by atoms with van der Waals surface area (Å²) in [5.74, 6) is -0.182. The number of rotatable bonds is 4. The summed E-state index contributed by atoms with van der Waals surface area (Å²) in [5, 5.41) is 9.15. The molecule has 1 heterocycles. The highest BCUT2D eigenvalue weighted by atomic mass is 35.5. The molecular weight excluding hydrogens is 376 g/mol. The van der Waals surface area contributed by atoms with Crippen LogP contribution in [-0.2, 0) is 10.0 Å². The SMILES string of the molecule is Cc1c(C(=O)NC(C)c2ccc(S(N)(=O)=O)cc2)oc2c(Cl)cccc12. The molecule has 3 N–H and O–H groups in total. The van der Waals surface area contributed by atoms with Crippen molar-refractivity contribution < 1.29 is 17.6 Å². The van der Waals surface area contributed by atoms with E-state index in [4.69, 9.17) is 21.2 Å². The normalized spacial score (nSPS) is 12.9. The van der Waals surface area contributed by atoms with Gasteiger partial charge in [0.15, 0.2) is 11.3 Å². The van der Waals surface area contributed by atoms with Crippen LogP contribution in [0, 0.1) is 6.92 Å². The van der Waals surface area contributed by atoms with E-state index in [-0.39, 0.29) is 22.6 Å². The van der Waals surface area contributed by atoms with Crippen LogP contribution in [-0.4, -0.2) is 14.3 Å². The van der Waals surface area contributed by atoms with Crippen molar-refractivity contribution in [1.29, 1.82) is 0 Å². The van der Waals surface area contributed by atoms with Crippen LogP contribution in [0.2, 0.25) is 5.02 Å². The van der Waals surface area contributed by atoms with Crippen LogP contribution in [0.3, 0.4) is 0 Å². The number of nitrogens with one attached hydrogen (secondary N) is 1. The Balaban J connectivity index is 1.84. The first-order chi connectivity index (χ1) is 12.2. The maximum atomic E-state index is 12.6. The van der Waals surface area contributed by atoms with Crippen molar-refractivity contribution in [3.8, 4) is 0 Å². The summed E-state index contributed by atoms with van der Waals surface area (Å²) in [6.07, 6.45) is 0. The van der Waals surface area contributed by atoms with Crippen LogP contribution < -0.4 is 10.5 Å². The van der Waals surface area contributed by atoms with E-state index in [0.717, 1.165) is 10.9 Å². The first-order valence-electron chi connectivity index (χ1n) is 7.79. The van der Waals surface area contributed by atoms with E-state index in [0.29, 0.717) is 16.2 Å². The topological polar surface area (TPSA) is 102 Å². The second kappa shape index (κ2) is 6.75. The van der Waals surface area contributed by atoms with Gasteiger partial charge in [-0.15, -0.1) is 0 Å². The first kappa shape index (κ1) is 18.4. The predicted molar refractivity (Wildman–Crippen MR) is 99.7 cm³/mol. The lowest BCUT2D eigenvalue weighted by atomic mass is 10.1. The van der Waals surface area contributed by atoms with Gasteiger partial charge in [0.05, 0.1) is 16.0 Å². The molecule has 0 saturated heterocycles. The van der Waals surface area contributed by atoms with Gasteiger partial charge in [-0.25, -0.2) is 13.6 Å². The molecular formula is C18H17ClN2O4S. The Labute approximate surface area is 156 Å². The maximum Gasteiger partial charge on any atom is 0.287 e. The number of sulfonamides is 1. The minimum absolute atomic E-state index is 0.0162. The molecule has 0 radical (unpaired) electrons. The highest BCUT2D eigenvalue weighted by molar-refractivity contribution is 7.89. The highest BCUT2D eigenvalue weighted by Crippen LogP contribution is 2.31. The summed E-state index contributed by atoms with van der Waals surface area (Å²) < 4.78 is 28.3. The van der Waals surface area contributed by atoms with Gasteiger partial charge >= 0.3 is 0 Å². The van der Waals surface area contributed by atoms with Crippen molar-refractivity contribution >= 4 is 38.5 Å². The molecule has 0 aliphatic heterocycles. The lowest BCUT2D eigenvalue weighted by Gasteiger charge is -2.14. The third-order valence-electron chi connectivity index (χ3n) is 4.18. The monoisotopic (exact) mass is 392 g/mol. The van der Waals surface area contributed by atoms with Crippen LogP contribution in [0.1, 0.15) is 34.6 Å². The number of carbonyl (C=O) groups excluding carboxylic acids is 1. The van der Waals surface area contributed by atoms with E-state index in [1.54, 1.807) is 38.1 Å². The van der Waals surface area contributed by atoms with Crippen LogP contribution in [0.25, 0.3) is 11.0 Å². The van der Waals surface area contributed by atoms with Crippen molar-refractivity contribution in [3.05, 3.63) is 64.4 Å². The van der Waals surface area contributed by atoms with Gasteiger partial charge in [-0.3, -0.25) is 4.79 Å². The lowest BCUT2D eigenvalue weighted by molar-refractivity contribution is 0.0913. The number of para-hydroxylation sites is 1. The number of furan rings is 1. The third kappa shape index (κ3) is 3.46. The van der Waals surface area contributed by atoms with E-state index in [9.17, 15) is 13.2 Å². The molecule has 1 unspecified atom stereocenters. The maximum absolute atomic E-state index is 12.6. The summed E-state index contributed by atoms with van der Waals surface area (Å²) >= 11 is 6.12. The molecule has 1 amide bonds. The Hall–Kier alpha value is -2.35. The highest BCUT2D eigenvalue weighted by Gasteiger charge is 2.21. The number of halogens is 1. The number of carbonyl (C=O) groups is 1. The molecule has 26 heavy (non-hydrogen) atoms. The van der Waals surface area contributed by atoms with E-state index < -0.39 is 10.0 Å². The Morgan fingerprint density at radius 3 is 2.42 bits per heavy atom. The smallest absolute Gasteiger partial charge is 0.287 e. The van der Waals surface area contributed by atoms with Crippen LogP contribution >= 0.6 is 11.6 Å². The van der Waals surface area contributed by atoms with Crippen LogP contribution in [0.4, 0.5) is 0 Å². The van der Waals surface area contributed by atoms with E-state index >= 15 is 0 Å². The summed E-state index contributed by atoms with van der Waals surface area (Å²) in [6, 6.07) is 11.0. The number of fused-ring (bicyclic) bond motifs is 1. The second-order valence-electron chi connectivity index (χ2n) is 5.98. The Bertz CT molecular complexity index is 1090. The fraction of sp³-hybridized carbons (Fsp3) is 0.167. The van der Waals surface area contributed by atoms with Crippen molar-refractivity contribution in [1.82, 2.24) is 5.32 Å². The lowest BCUT2D eigenvalue weighted by Crippen LogP contribution is -2.26. The first-order valence-corrected chi connectivity index (χ1v) is 9.72. The molecule has 0 aliphatic rings. The van der Waals surface area contributed by atoms with Crippen molar-refractivity contribution in [3.63, 3.8) is 0 Å². The molecule has 8 heteroatoms. The van der Waals surface area contributed by atoms with Crippen molar-refractivity contribution in [2.24, 2.45) is 5.14 Å².